The summed E-state index contributed by atoms with van der Waals surface area (Å²) in [6, 6.07) is 0. The van der Waals surface area contributed by atoms with Crippen molar-refractivity contribution in [2.45, 2.75) is 58.3 Å². The summed E-state index contributed by atoms with van der Waals surface area (Å²) < 4.78 is 0. The van der Waals surface area contributed by atoms with Gasteiger partial charge in [-0.1, -0.05) is 32.1 Å². The van der Waals surface area contributed by atoms with Gasteiger partial charge in [-0.25, -0.2) is 0 Å². The van der Waals surface area contributed by atoms with Crippen molar-refractivity contribution in [2.24, 2.45) is 11.8 Å². The van der Waals surface area contributed by atoms with E-state index < -0.39 is 0 Å². The van der Waals surface area contributed by atoms with Gasteiger partial charge in [0.15, 0.2) is 0 Å². The summed E-state index contributed by atoms with van der Waals surface area (Å²) in [5, 5.41) is 0. The molecule has 0 unspecified atom stereocenters. The highest BCUT2D eigenvalue weighted by Crippen LogP contribution is 2.32. The lowest BCUT2D eigenvalue weighted by Gasteiger charge is -2.27. The summed E-state index contributed by atoms with van der Waals surface area (Å²) in [6.07, 6.45) is 14.1. The SMILES string of the molecule is C#CCC(=O)C1CCC(CCCC)CC1. The molecule has 1 nitrogen and oxygen atoms in total. The Hall–Kier alpha value is -0.770. The number of unbranched alkanes of at least 4 members (excludes halogenated alkanes) is 1. The average molecular weight is 206 g/mol. The van der Waals surface area contributed by atoms with Crippen LogP contribution in [-0.4, -0.2) is 5.78 Å². The number of carbonyl (C=O) groups is 1. The number of Topliss-reactive ketones (excluding diaryl/α,β-unsaturated/α-hetero) is 1. The smallest absolute Gasteiger partial charge is 0.147 e. The second kappa shape index (κ2) is 6.67. The van der Waals surface area contributed by atoms with E-state index in [1.807, 2.05) is 0 Å². The molecule has 1 aliphatic carbocycles. The Morgan fingerprint density at radius 3 is 2.53 bits per heavy atom. The number of hydrogen-bond acceptors (Lipinski definition) is 1. The van der Waals surface area contributed by atoms with Gasteiger partial charge in [0.2, 0.25) is 0 Å². The molecule has 0 atom stereocenters. The molecule has 1 heteroatoms. The van der Waals surface area contributed by atoms with Crippen LogP contribution >= 0.6 is 0 Å². The van der Waals surface area contributed by atoms with E-state index in [1.54, 1.807) is 0 Å². The van der Waals surface area contributed by atoms with Gasteiger partial charge >= 0.3 is 0 Å². The fraction of sp³-hybridized carbons (Fsp3) is 0.786. The highest BCUT2D eigenvalue weighted by Gasteiger charge is 2.24. The maximum Gasteiger partial charge on any atom is 0.147 e. The van der Waals surface area contributed by atoms with Crippen LogP contribution in [0.15, 0.2) is 0 Å². The Kier molecular flexibility index (Phi) is 5.47. The number of rotatable bonds is 5. The summed E-state index contributed by atoms with van der Waals surface area (Å²) in [6.45, 7) is 2.24. The first-order valence-corrected chi connectivity index (χ1v) is 6.24. The zero-order valence-electron chi connectivity index (χ0n) is 9.80. The van der Waals surface area contributed by atoms with Gasteiger partial charge in [-0.05, 0) is 31.6 Å². The number of carbonyl (C=O) groups excluding carboxylic acids is 1. The van der Waals surface area contributed by atoms with E-state index in [0.29, 0.717) is 12.2 Å². The third-order valence-corrected chi connectivity index (χ3v) is 3.54. The van der Waals surface area contributed by atoms with E-state index in [0.717, 1.165) is 18.8 Å². The van der Waals surface area contributed by atoms with Crippen molar-refractivity contribution in [3.05, 3.63) is 0 Å². The maximum absolute atomic E-state index is 11.6. The number of ketones is 1. The number of hydrogen-bond donors (Lipinski definition) is 0. The molecule has 0 N–H and O–H groups in total. The summed E-state index contributed by atoms with van der Waals surface area (Å²) >= 11 is 0. The fourth-order valence-electron chi connectivity index (χ4n) is 2.51. The Morgan fingerprint density at radius 1 is 1.33 bits per heavy atom. The van der Waals surface area contributed by atoms with Crippen LogP contribution < -0.4 is 0 Å². The second-order valence-electron chi connectivity index (χ2n) is 4.71. The van der Waals surface area contributed by atoms with Crippen LogP contribution in [0.5, 0.6) is 0 Å². The van der Waals surface area contributed by atoms with Crippen molar-refractivity contribution in [3.63, 3.8) is 0 Å². The quantitative estimate of drug-likeness (QED) is 0.628. The van der Waals surface area contributed by atoms with Gasteiger partial charge in [-0.3, -0.25) is 4.79 Å². The lowest BCUT2D eigenvalue weighted by Crippen LogP contribution is -2.21. The van der Waals surface area contributed by atoms with Crippen LogP contribution in [0.4, 0.5) is 0 Å². The molecule has 1 rings (SSSR count). The average Bonchev–Trinajstić information content (AvgIpc) is 2.27. The van der Waals surface area contributed by atoms with Gasteiger partial charge in [0.05, 0.1) is 6.42 Å². The predicted octanol–water partition coefficient (Wildman–Crippen LogP) is 3.58. The van der Waals surface area contributed by atoms with Gasteiger partial charge < -0.3 is 0 Å². The molecule has 1 saturated carbocycles. The molecule has 84 valence electrons. The third kappa shape index (κ3) is 4.08. The lowest BCUT2D eigenvalue weighted by atomic mass is 9.78. The first-order chi connectivity index (χ1) is 7.27. The fourth-order valence-corrected chi connectivity index (χ4v) is 2.51. The largest absolute Gasteiger partial charge is 0.298 e. The van der Waals surface area contributed by atoms with Gasteiger partial charge in [-0.2, -0.15) is 0 Å². The van der Waals surface area contributed by atoms with Crippen LogP contribution in [0.25, 0.3) is 0 Å². The number of terminal acetylenes is 1. The molecule has 0 heterocycles. The Balaban J connectivity index is 2.24. The standard InChI is InChI=1S/C14H22O/c1-3-5-7-12-8-10-13(11-9-12)14(15)6-4-2/h2,12-13H,3,5-11H2,1H3. The molecule has 0 spiro atoms. The minimum Gasteiger partial charge on any atom is -0.298 e. The minimum atomic E-state index is 0.277. The Morgan fingerprint density at radius 2 is 2.00 bits per heavy atom. The summed E-state index contributed by atoms with van der Waals surface area (Å²) in [5.74, 6) is 3.91. The molecule has 15 heavy (non-hydrogen) atoms. The summed E-state index contributed by atoms with van der Waals surface area (Å²) in [5.41, 5.74) is 0. The lowest BCUT2D eigenvalue weighted by molar-refractivity contribution is -0.123. The van der Waals surface area contributed by atoms with Crippen LogP contribution in [0.2, 0.25) is 0 Å². The first kappa shape index (κ1) is 12.3. The third-order valence-electron chi connectivity index (χ3n) is 3.54. The zero-order valence-corrected chi connectivity index (χ0v) is 9.80. The molecule has 0 aromatic heterocycles. The van der Waals surface area contributed by atoms with Gasteiger partial charge in [0, 0.05) is 5.92 Å². The van der Waals surface area contributed by atoms with E-state index in [-0.39, 0.29) is 5.92 Å². The molecule has 0 saturated heterocycles. The predicted molar refractivity (Wildman–Crippen MR) is 63.4 cm³/mol. The van der Waals surface area contributed by atoms with Crippen molar-refractivity contribution in [1.29, 1.82) is 0 Å². The van der Waals surface area contributed by atoms with Crippen molar-refractivity contribution in [2.75, 3.05) is 0 Å². The molecule has 1 aliphatic rings. The molecule has 1 fully saturated rings. The minimum absolute atomic E-state index is 0.277. The summed E-state index contributed by atoms with van der Waals surface area (Å²) in [7, 11) is 0. The highest BCUT2D eigenvalue weighted by atomic mass is 16.1. The van der Waals surface area contributed by atoms with E-state index in [2.05, 4.69) is 12.8 Å². The Labute approximate surface area is 93.6 Å². The molecule has 0 aliphatic heterocycles. The van der Waals surface area contributed by atoms with Gasteiger partial charge in [0.25, 0.3) is 0 Å². The maximum atomic E-state index is 11.6. The van der Waals surface area contributed by atoms with E-state index in [1.165, 1.54) is 32.1 Å². The molecular weight excluding hydrogens is 184 g/mol. The van der Waals surface area contributed by atoms with Crippen molar-refractivity contribution < 1.29 is 4.79 Å². The molecular formula is C14H22O. The monoisotopic (exact) mass is 206 g/mol. The highest BCUT2D eigenvalue weighted by molar-refractivity contribution is 5.83. The van der Waals surface area contributed by atoms with Gasteiger partial charge in [-0.15, -0.1) is 6.42 Å². The van der Waals surface area contributed by atoms with Crippen LogP contribution in [0, 0.1) is 24.2 Å². The molecule has 0 radical (unpaired) electrons. The van der Waals surface area contributed by atoms with Crippen molar-refractivity contribution >= 4 is 5.78 Å². The Bertz CT molecular complexity index is 228. The van der Waals surface area contributed by atoms with E-state index in [4.69, 9.17) is 6.42 Å². The van der Waals surface area contributed by atoms with E-state index in [9.17, 15) is 4.79 Å². The van der Waals surface area contributed by atoms with Crippen LogP contribution in [0.3, 0.4) is 0 Å². The summed E-state index contributed by atoms with van der Waals surface area (Å²) in [4.78, 5) is 11.6. The van der Waals surface area contributed by atoms with Crippen molar-refractivity contribution in [1.82, 2.24) is 0 Å². The van der Waals surface area contributed by atoms with Crippen LogP contribution in [0.1, 0.15) is 58.3 Å². The van der Waals surface area contributed by atoms with Crippen LogP contribution in [-0.2, 0) is 4.79 Å². The molecule has 0 amide bonds. The normalized spacial score (nSPS) is 25.9. The zero-order chi connectivity index (χ0) is 11.1. The molecule has 0 aromatic rings. The van der Waals surface area contributed by atoms with E-state index >= 15 is 0 Å². The van der Waals surface area contributed by atoms with Crippen molar-refractivity contribution in [3.8, 4) is 12.3 Å². The second-order valence-corrected chi connectivity index (χ2v) is 4.71. The van der Waals surface area contributed by atoms with Gasteiger partial charge in [0.1, 0.15) is 5.78 Å². The molecule has 0 bridgehead atoms. The first-order valence-electron chi connectivity index (χ1n) is 6.24. The molecule has 0 aromatic carbocycles. The topological polar surface area (TPSA) is 17.1 Å².